The molecular weight excluding hydrogens is 312 g/mol. The molecule has 2 amide bonds. The van der Waals surface area contributed by atoms with E-state index in [-0.39, 0.29) is 29.2 Å². The maximum Gasteiger partial charge on any atom is 0.243 e. The van der Waals surface area contributed by atoms with Crippen molar-refractivity contribution >= 4 is 11.8 Å². The summed E-state index contributed by atoms with van der Waals surface area (Å²) >= 11 is 0. The smallest absolute Gasteiger partial charge is 0.243 e. The van der Waals surface area contributed by atoms with E-state index >= 15 is 0 Å². The van der Waals surface area contributed by atoms with Crippen LogP contribution in [0.3, 0.4) is 0 Å². The van der Waals surface area contributed by atoms with Gasteiger partial charge >= 0.3 is 0 Å². The van der Waals surface area contributed by atoms with Crippen molar-refractivity contribution in [2.24, 2.45) is 29.1 Å². The van der Waals surface area contributed by atoms with Crippen LogP contribution in [0.5, 0.6) is 0 Å². The van der Waals surface area contributed by atoms with Gasteiger partial charge in [-0.1, -0.05) is 27.7 Å². The SMILES string of the molecule is CCC(CC)NC(=O)C(NC(=O)C12CC3CC(CC(C3)C1)C2)C(C)C. The van der Waals surface area contributed by atoms with Crippen molar-refractivity contribution in [2.45, 2.75) is 91.1 Å². The summed E-state index contributed by atoms with van der Waals surface area (Å²) in [6, 6.07) is -0.216. The fourth-order valence-electron chi connectivity index (χ4n) is 6.00. The Kier molecular flexibility index (Phi) is 5.45. The summed E-state index contributed by atoms with van der Waals surface area (Å²) < 4.78 is 0. The zero-order valence-corrected chi connectivity index (χ0v) is 16.4. The molecule has 0 radical (unpaired) electrons. The standard InChI is InChI=1S/C21H36N2O2/c1-5-17(6-2)22-19(24)18(13(3)4)23-20(25)21-10-14-7-15(11-21)9-16(8-14)12-21/h13-18H,5-12H2,1-4H3,(H,22,24)(H,23,25). The molecule has 4 rings (SSSR count). The zero-order chi connectivity index (χ0) is 18.2. The van der Waals surface area contributed by atoms with Gasteiger partial charge in [-0.25, -0.2) is 0 Å². The van der Waals surface area contributed by atoms with Crippen LogP contribution in [0.15, 0.2) is 0 Å². The number of hydrogen-bond donors (Lipinski definition) is 2. The third-order valence-corrected chi connectivity index (χ3v) is 7.09. The van der Waals surface area contributed by atoms with Crippen molar-refractivity contribution in [3.05, 3.63) is 0 Å². The first-order valence-electron chi connectivity index (χ1n) is 10.5. The Morgan fingerprint density at radius 3 is 1.80 bits per heavy atom. The minimum absolute atomic E-state index is 0.0122. The molecule has 4 fully saturated rings. The van der Waals surface area contributed by atoms with Crippen LogP contribution in [-0.2, 0) is 9.59 Å². The topological polar surface area (TPSA) is 58.2 Å². The van der Waals surface area contributed by atoms with Crippen LogP contribution in [0.4, 0.5) is 0 Å². The molecule has 0 aromatic rings. The molecule has 0 aromatic heterocycles. The van der Waals surface area contributed by atoms with Crippen molar-refractivity contribution in [3.8, 4) is 0 Å². The second kappa shape index (κ2) is 7.28. The Morgan fingerprint density at radius 1 is 0.920 bits per heavy atom. The molecule has 4 aliphatic carbocycles. The van der Waals surface area contributed by atoms with Gasteiger partial charge in [0, 0.05) is 11.5 Å². The minimum atomic E-state index is -0.416. The van der Waals surface area contributed by atoms with E-state index in [0.29, 0.717) is 0 Å². The first-order valence-corrected chi connectivity index (χ1v) is 10.5. The van der Waals surface area contributed by atoms with Gasteiger partial charge < -0.3 is 10.6 Å². The maximum atomic E-state index is 13.2. The zero-order valence-electron chi connectivity index (χ0n) is 16.4. The Bertz CT molecular complexity index is 475. The number of hydrogen-bond acceptors (Lipinski definition) is 2. The average Bonchev–Trinajstić information content (AvgIpc) is 2.55. The third kappa shape index (κ3) is 3.73. The normalized spacial score (nSPS) is 34.4. The highest BCUT2D eigenvalue weighted by atomic mass is 16.2. The molecule has 2 N–H and O–H groups in total. The van der Waals surface area contributed by atoms with Crippen LogP contribution in [-0.4, -0.2) is 23.9 Å². The van der Waals surface area contributed by atoms with Crippen molar-refractivity contribution in [1.29, 1.82) is 0 Å². The lowest BCUT2D eigenvalue weighted by molar-refractivity contribution is -0.149. The molecule has 1 atom stereocenters. The number of nitrogens with one attached hydrogen (secondary N) is 2. The van der Waals surface area contributed by atoms with Crippen molar-refractivity contribution in [1.82, 2.24) is 10.6 Å². The summed E-state index contributed by atoms with van der Waals surface area (Å²) in [5.41, 5.74) is -0.183. The Balaban J connectivity index is 1.68. The predicted octanol–water partition coefficient (Wildman–Crippen LogP) is 3.65. The average molecular weight is 349 g/mol. The van der Waals surface area contributed by atoms with E-state index < -0.39 is 6.04 Å². The first kappa shape index (κ1) is 18.7. The molecule has 0 aromatic carbocycles. The number of carbonyl (C=O) groups excluding carboxylic acids is 2. The van der Waals surface area contributed by atoms with Crippen LogP contribution in [0, 0.1) is 29.1 Å². The van der Waals surface area contributed by atoms with Crippen LogP contribution in [0.2, 0.25) is 0 Å². The van der Waals surface area contributed by atoms with E-state index in [4.69, 9.17) is 0 Å². The van der Waals surface area contributed by atoms with E-state index in [2.05, 4.69) is 24.5 Å². The molecule has 0 aliphatic heterocycles. The van der Waals surface area contributed by atoms with Gasteiger partial charge in [0.25, 0.3) is 0 Å². The third-order valence-electron chi connectivity index (χ3n) is 7.09. The molecule has 4 nitrogen and oxygen atoms in total. The summed E-state index contributed by atoms with van der Waals surface area (Å²) in [4.78, 5) is 26.0. The first-order chi connectivity index (χ1) is 11.9. The largest absolute Gasteiger partial charge is 0.352 e. The molecule has 0 spiro atoms. The van der Waals surface area contributed by atoms with Crippen molar-refractivity contribution in [3.63, 3.8) is 0 Å². The summed E-state index contributed by atoms with van der Waals surface area (Å²) in [7, 11) is 0. The summed E-state index contributed by atoms with van der Waals surface area (Å²) in [5, 5.41) is 6.30. The summed E-state index contributed by atoms with van der Waals surface area (Å²) in [5.74, 6) is 2.48. The van der Waals surface area contributed by atoms with Gasteiger partial charge in [-0.05, 0) is 75.0 Å². The lowest BCUT2D eigenvalue weighted by atomic mass is 9.49. The molecule has 0 saturated heterocycles. The summed E-state index contributed by atoms with van der Waals surface area (Å²) in [6.07, 6.45) is 8.98. The van der Waals surface area contributed by atoms with E-state index in [9.17, 15) is 9.59 Å². The second-order valence-corrected chi connectivity index (χ2v) is 9.42. The maximum absolute atomic E-state index is 13.2. The van der Waals surface area contributed by atoms with Crippen LogP contribution in [0.25, 0.3) is 0 Å². The van der Waals surface area contributed by atoms with Gasteiger partial charge in [0.2, 0.25) is 11.8 Å². The lowest BCUT2D eigenvalue weighted by Crippen LogP contribution is -2.59. The Morgan fingerprint density at radius 2 is 1.40 bits per heavy atom. The number of rotatable bonds is 7. The second-order valence-electron chi connectivity index (χ2n) is 9.42. The van der Waals surface area contributed by atoms with E-state index in [1.165, 1.54) is 19.3 Å². The number of carbonyl (C=O) groups is 2. The van der Waals surface area contributed by atoms with Gasteiger partial charge in [-0.15, -0.1) is 0 Å². The van der Waals surface area contributed by atoms with E-state index in [1.54, 1.807) is 0 Å². The van der Waals surface area contributed by atoms with Gasteiger partial charge in [-0.2, -0.15) is 0 Å². The predicted molar refractivity (Wildman–Crippen MR) is 99.9 cm³/mol. The minimum Gasteiger partial charge on any atom is -0.352 e. The highest BCUT2D eigenvalue weighted by molar-refractivity contribution is 5.90. The molecule has 0 heterocycles. The molecular formula is C21H36N2O2. The van der Waals surface area contributed by atoms with Crippen LogP contribution in [0.1, 0.15) is 79.1 Å². The van der Waals surface area contributed by atoms with Gasteiger partial charge in [0.1, 0.15) is 6.04 Å². The fourth-order valence-corrected chi connectivity index (χ4v) is 6.00. The molecule has 4 aliphatic rings. The summed E-state index contributed by atoms with van der Waals surface area (Å²) in [6.45, 7) is 8.23. The fraction of sp³-hybridized carbons (Fsp3) is 0.905. The monoisotopic (exact) mass is 348 g/mol. The van der Waals surface area contributed by atoms with Crippen molar-refractivity contribution < 1.29 is 9.59 Å². The lowest BCUT2D eigenvalue weighted by Gasteiger charge is -2.55. The van der Waals surface area contributed by atoms with Crippen molar-refractivity contribution in [2.75, 3.05) is 0 Å². The molecule has 142 valence electrons. The van der Waals surface area contributed by atoms with Crippen LogP contribution >= 0.6 is 0 Å². The molecule has 4 heteroatoms. The van der Waals surface area contributed by atoms with E-state index in [1.807, 2.05) is 13.8 Å². The molecule has 4 bridgehead atoms. The highest BCUT2D eigenvalue weighted by Crippen LogP contribution is 2.60. The van der Waals surface area contributed by atoms with E-state index in [0.717, 1.165) is 49.9 Å². The quantitative estimate of drug-likeness (QED) is 0.738. The number of amides is 2. The molecule has 4 saturated carbocycles. The van der Waals surface area contributed by atoms with Gasteiger partial charge in [0.05, 0.1) is 0 Å². The molecule has 1 unspecified atom stereocenters. The van der Waals surface area contributed by atoms with Crippen LogP contribution < -0.4 is 10.6 Å². The Labute approximate surface area is 152 Å². The Hall–Kier alpha value is -1.06. The molecule has 25 heavy (non-hydrogen) atoms. The highest BCUT2D eigenvalue weighted by Gasteiger charge is 2.55. The van der Waals surface area contributed by atoms with Gasteiger partial charge in [-0.3, -0.25) is 9.59 Å². The van der Waals surface area contributed by atoms with Gasteiger partial charge in [0.15, 0.2) is 0 Å².